The molecule has 1 aliphatic heterocycles. The van der Waals surface area contributed by atoms with E-state index in [0.29, 0.717) is 12.0 Å². The molecule has 1 saturated heterocycles. The second-order valence-electron chi connectivity index (χ2n) is 7.58. The number of carbonyl (C=O) groups is 1. The molecule has 3 unspecified atom stereocenters. The highest BCUT2D eigenvalue weighted by molar-refractivity contribution is 7.10. The Morgan fingerprint density at radius 3 is 2.59 bits per heavy atom. The summed E-state index contributed by atoms with van der Waals surface area (Å²) >= 11 is 3.33. The minimum Gasteiger partial charge on any atom is -0.388 e. The van der Waals surface area contributed by atoms with Crippen LogP contribution in [0.15, 0.2) is 59.3 Å². The van der Waals surface area contributed by atoms with Crippen LogP contribution in [0.1, 0.15) is 39.5 Å². The molecule has 2 N–H and O–H groups in total. The Hall–Kier alpha value is -2.06. The lowest BCUT2D eigenvalue weighted by molar-refractivity contribution is -0.0653. The highest BCUT2D eigenvalue weighted by atomic mass is 32.1. The number of amides is 1. The summed E-state index contributed by atoms with van der Waals surface area (Å²) in [6.07, 6.45) is 0.550. The standard InChI is InChI=1S/C22H23FN2O2S2/c1-22(27)10-11-25(14-17-4-2-12-28-17)19(18-5-3-13-29-18)20(22)24-21(26)15-6-8-16(23)9-7-15/h2-9,12-13,19-20,27H,10-11,14H2,1H3,(H,24,26). The first-order valence-electron chi connectivity index (χ1n) is 9.53. The van der Waals surface area contributed by atoms with Gasteiger partial charge in [0.2, 0.25) is 0 Å². The molecule has 0 aliphatic carbocycles. The second-order valence-corrected chi connectivity index (χ2v) is 9.59. The molecule has 3 aromatic rings. The minimum absolute atomic E-state index is 0.148. The third kappa shape index (κ3) is 4.43. The number of nitrogens with one attached hydrogen (secondary N) is 1. The van der Waals surface area contributed by atoms with Crippen LogP contribution in [0.3, 0.4) is 0 Å². The molecule has 4 rings (SSSR count). The number of halogens is 1. The molecule has 3 atom stereocenters. The molecule has 152 valence electrons. The van der Waals surface area contributed by atoms with Crippen molar-refractivity contribution in [2.24, 2.45) is 0 Å². The van der Waals surface area contributed by atoms with E-state index in [0.717, 1.165) is 18.0 Å². The molecular weight excluding hydrogens is 407 g/mol. The van der Waals surface area contributed by atoms with Crippen LogP contribution in [0.2, 0.25) is 0 Å². The van der Waals surface area contributed by atoms with Gasteiger partial charge >= 0.3 is 0 Å². The van der Waals surface area contributed by atoms with Crippen molar-refractivity contribution in [3.63, 3.8) is 0 Å². The Bertz CT molecular complexity index is 940. The number of hydrogen-bond acceptors (Lipinski definition) is 5. The number of hydrogen-bond donors (Lipinski definition) is 2. The van der Waals surface area contributed by atoms with E-state index in [-0.39, 0.29) is 17.8 Å². The van der Waals surface area contributed by atoms with Gasteiger partial charge in [-0.1, -0.05) is 12.1 Å². The molecular formula is C22H23FN2O2S2. The fourth-order valence-electron chi connectivity index (χ4n) is 3.86. The maximum atomic E-state index is 13.2. The monoisotopic (exact) mass is 430 g/mol. The van der Waals surface area contributed by atoms with Gasteiger partial charge in [-0.2, -0.15) is 0 Å². The molecule has 0 bridgehead atoms. The lowest BCUT2D eigenvalue weighted by Crippen LogP contribution is -2.62. The molecule has 0 saturated carbocycles. The smallest absolute Gasteiger partial charge is 0.251 e. The van der Waals surface area contributed by atoms with Crippen LogP contribution < -0.4 is 5.32 Å². The predicted octanol–water partition coefficient (Wildman–Crippen LogP) is 4.45. The van der Waals surface area contributed by atoms with Gasteiger partial charge in [0.25, 0.3) is 5.91 Å². The topological polar surface area (TPSA) is 52.6 Å². The van der Waals surface area contributed by atoms with Crippen molar-refractivity contribution in [2.45, 2.75) is 37.6 Å². The maximum Gasteiger partial charge on any atom is 0.251 e. The normalized spacial score (nSPS) is 25.1. The molecule has 1 amide bonds. The Kier molecular flexibility index (Phi) is 5.83. The van der Waals surface area contributed by atoms with Crippen LogP contribution >= 0.6 is 22.7 Å². The summed E-state index contributed by atoms with van der Waals surface area (Å²) in [7, 11) is 0. The number of piperidine rings is 1. The molecule has 0 radical (unpaired) electrons. The van der Waals surface area contributed by atoms with Gasteiger partial charge in [0.05, 0.1) is 17.7 Å². The molecule has 1 aromatic carbocycles. The lowest BCUT2D eigenvalue weighted by Gasteiger charge is -2.48. The zero-order chi connectivity index (χ0) is 20.4. The van der Waals surface area contributed by atoms with Gasteiger partial charge in [0, 0.05) is 28.4 Å². The number of aliphatic hydroxyl groups is 1. The van der Waals surface area contributed by atoms with Gasteiger partial charge < -0.3 is 10.4 Å². The van der Waals surface area contributed by atoms with E-state index in [1.165, 1.54) is 29.1 Å². The SMILES string of the molecule is CC1(O)CCN(Cc2cccs2)C(c2cccs2)C1NC(=O)c1ccc(F)cc1. The van der Waals surface area contributed by atoms with Crippen LogP contribution in [0.4, 0.5) is 4.39 Å². The summed E-state index contributed by atoms with van der Waals surface area (Å²) in [6, 6.07) is 13.0. The van der Waals surface area contributed by atoms with Gasteiger partial charge in [0.1, 0.15) is 5.82 Å². The van der Waals surface area contributed by atoms with Crippen molar-refractivity contribution < 1.29 is 14.3 Å². The zero-order valence-corrected chi connectivity index (χ0v) is 17.7. The summed E-state index contributed by atoms with van der Waals surface area (Å²) in [5.41, 5.74) is -0.682. The fraction of sp³-hybridized carbons (Fsp3) is 0.318. The number of benzene rings is 1. The lowest BCUT2D eigenvalue weighted by atomic mass is 9.81. The van der Waals surface area contributed by atoms with Gasteiger partial charge in [-0.25, -0.2) is 4.39 Å². The predicted molar refractivity (Wildman–Crippen MR) is 115 cm³/mol. The van der Waals surface area contributed by atoms with Crippen LogP contribution in [0.25, 0.3) is 0 Å². The number of rotatable bonds is 5. The largest absolute Gasteiger partial charge is 0.388 e. The summed E-state index contributed by atoms with van der Waals surface area (Å²) < 4.78 is 13.2. The number of thiophene rings is 2. The third-order valence-electron chi connectivity index (χ3n) is 5.45. The third-order valence-corrected chi connectivity index (χ3v) is 7.26. The number of nitrogens with zero attached hydrogens (tertiary/aromatic N) is 1. The van der Waals surface area contributed by atoms with Gasteiger partial charge in [-0.05, 0) is 60.5 Å². The Balaban J connectivity index is 1.65. The average molecular weight is 431 g/mol. The van der Waals surface area contributed by atoms with Crippen molar-refractivity contribution in [2.75, 3.05) is 6.54 Å². The number of carbonyl (C=O) groups excluding carboxylic acids is 1. The molecule has 1 aliphatic rings. The Labute approximate surface area is 177 Å². The van der Waals surface area contributed by atoms with E-state index in [1.807, 2.05) is 17.5 Å². The van der Waals surface area contributed by atoms with E-state index in [2.05, 4.69) is 27.7 Å². The average Bonchev–Trinajstić information content (AvgIpc) is 3.39. The fourth-order valence-corrected chi connectivity index (χ4v) is 5.48. The molecule has 7 heteroatoms. The minimum atomic E-state index is -1.06. The van der Waals surface area contributed by atoms with Crippen LogP contribution in [-0.2, 0) is 6.54 Å². The van der Waals surface area contributed by atoms with Crippen molar-refractivity contribution in [3.05, 3.63) is 80.4 Å². The first-order chi connectivity index (χ1) is 13.9. The Morgan fingerprint density at radius 1 is 1.21 bits per heavy atom. The van der Waals surface area contributed by atoms with Gasteiger partial charge in [-0.3, -0.25) is 9.69 Å². The van der Waals surface area contributed by atoms with E-state index in [9.17, 15) is 14.3 Å². The summed E-state index contributed by atoms with van der Waals surface area (Å²) in [5, 5.41) is 18.3. The molecule has 3 heterocycles. The molecule has 2 aromatic heterocycles. The maximum absolute atomic E-state index is 13.2. The van der Waals surface area contributed by atoms with E-state index in [4.69, 9.17) is 0 Å². The summed E-state index contributed by atoms with van der Waals surface area (Å²) in [6.45, 7) is 3.28. The second kappa shape index (κ2) is 8.36. The van der Waals surface area contributed by atoms with Crippen LogP contribution in [0.5, 0.6) is 0 Å². The highest BCUT2D eigenvalue weighted by Gasteiger charge is 2.46. The van der Waals surface area contributed by atoms with E-state index >= 15 is 0 Å². The first kappa shape index (κ1) is 20.2. The van der Waals surface area contributed by atoms with Crippen molar-refractivity contribution in [1.29, 1.82) is 0 Å². The van der Waals surface area contributed by atoms with Gasteiger partial charge in [-0.15, -0.1) is 22.7 Å². The first-order valence-corrected chi connectivity index (χ1v) is 11.3. The summed E-state index contributed by atoms with van der Waals surface area (Å²) in [4.78, 5) is 17.6. The molecule has 4 nitrogen and oxygen atoms in total. The quantitative estimate of drug-likeness (QED) is 0.629. The van der Waals surface area contributed by atoms with Crippen LogP contribution in [-0.4, -0.2) is 34.1 Å². The van der Waals surface area contributed by atoms with Crippen molar-refractivity contribution >= 4 is 28.6 Å². The van der Waals surface area contributed by atoms with Crippen LogP contribution in [0, 0.1) is 5.82 Å². The van der Waals surface area contributed by atoms with Crippen molar-refractivity contribution in [3.8, 4) is 0 Å². The van der Waals surface area contributed by atoms with E-state index in [1.54, 1.807) is 29.6 Å². The Morgan fingerprint density at radius 2 is 1.93 bits per heavy atom. The molecule has 1 fully saturated rings. The zero-order valence-electron chi connectivity index (χ0n) is 16.0. The summed E-state index contributed by atoms with van der Waals surface area (Å²) in [5.74, 6) is -0.695. The molecule has 29 heavy (non-hydrogen) atoms. The van der Waals surface area contributed by atoms with Gasteiger partial charge in [0.15, 0.2) is 0 Å². The number of likely N-dealkylation sites (tertiary alicyclic amines) is 1. The molecule has 0 spiro atoms. The van der Waals surface area contributed by atoms with E-state index < -0.39 is 11.6 Å². The highest BCUT2D eigenvalue weighted by Crippen LogP contribution is 2.40. The van der Waals surface area contributed by atoms with Crippen molar-refractivity contribution in [1.82, 2.24) is 10.2 Å².